The molecule has 2 aromatic carbocycles. The van der Waals surface area contributed by atoms with Crippen molar-refractivity contribution in [3.8, 4) is 5.75 Å². The zero-order chi connectivity index (χ0) is 28.5. The number of sulfonamides is 1. The lowest BCUT2D eigenvalue weighted by Crippen LogP contribution is -2.45. The number of benzene rings is 2. The van der Waals surface area contributed by atoms with Crippen molar-refractivity contribution in [3.63, 3.8) is 0 Å². The van der Waals surface area contributed by atoms with Crippen LogP contribution >= 0.6 is 0 Å². The zero-order valence-corrected chi connectivity index (χ0v) is 24.0. The molecule has 1 aromatic heterocycles. The number of aliphatic hydroxyl groups is 1. The monoisotopic (exact) mass is 570 g/mol. The van der Waals surface area contributed by atoms with Gasteiger partial charge in [0.15, 0.2) is 0 Å². The number of hydrogen-bond acceptors (Lipinski definition) is 6. The Morgan fingerprint density at radius 3 is 2.58 bits per heavy atom. The van der Waals surface area contributed by atoms with Crippen molar-refractivity contribution in [1.82, 2.24) is 14.6 Å². The van der Waals surface area contributed by atoms with Gasteiger partial charge in [-0.25, -0.2) is 8.42 Å². The molecule has 10 heteroatoms. The van der Waals surface area contributed by atoms with Gasteiger partial charge in [0.05, 0.1) is 24.7 Å². The Morgan fingerprint density at radius 2 is 1.88 bits per heavy atom. The van der Waals surface area contributed by atoms with Gasteiger partial charge in [-0.1, -0.05) is 37.5 Å². The van der Waals surface area contributed by atoms with E-state index in [0.29, 0.717) is 50.4 Å². The Kier molecular flexibility index (Phi) is 10.6. The molecule has 1 aliphatic carbocycles. The van der Waals surface area contributed by atoms with Crippen LogP contribution in [0.1, 0.15) is 50.5 Å². The number of para-hydroxylation sites is 1. The number of unbranched alkanes of at least 4 members (excludes halogenated alkanes) is 1. The number of ether oxygens (including phenoxy) is 1. The summed E-state index contributed by atoms with van der Waals surface area (Å²) in [5, 5.41) is 14.2. The van der Waals surface area contributed by atoms with Crippen molar-refractivity contribution in [3.05, 3.63) is 60.3 Å². The third-order valence-electron chi connectivity index (χ3n) is 7.91. The molecular weight excluding hydrogens is 528 g/mol. The van der Waals surface area contributed by atoms with Crippen molar-refractivity contribution in [2.24, 2.45) is 11.7 Å². The fraction of sp³-hybridized carbons (Fsp3) is 0.500. The molecule has 218 valence electrons. The average Bonchev–Trinajstić information content (AvgIpc) is 3.64. The number of aromatic amines is 1. The Balaban J connectivity index is 1.31. The summed E-state index contributed by atoms with van der Waals surface area (Å²) in [6.07, 6.45) is 8.33. The Hall–Kier alpha value is -2.92. The summed E-state index contributed by atoms with van der Waals surface area (Å²) in [6.45, 7) is 0.579. The average molecular weight is 571 g/mol. The maximum atomic E-state index is 13.7. The third-order valence-corrected chi connectivity index (χ3v) is 9.84. The minimum atomic E-state index is -3.80. The molecule has 40 heavy (non-hydrogen) atoms. The predicted octanol–water partition coefficient (Wildman–Crippen LogP) is 3.57. The Morgan fingerprint density at radius 1 is 1.15 bits per heavy atom. The highest BCUT2D eigenvalue weighted by Gasteiger charge is 2.33. The van der Waals surface area contributed by atoms with Gasteiger partial charge in [0, 0.05) is 36.2 Å². The maximum Gasteiger partial charge on any atom is 0.243 e. The van der Waals surface area contributed by atoms with Gasteiger partial charge < -0.3 is 25.9 Å². The quantitative estimate of drug-likeness (QED) is 0.206. The highest BCUT2D eigenvalue weighted by Crippen LogP contribution is 2.30. The minimum Gasteiger partial charge on any atom is -0.497 e. The van der Waals surface area contributed by atoms with Crippen LogP contribution in [0.15, 0.2) is 59.6 Å². The number of carbonyl (C=O) groups excluding carboxylic acids is 1. The standard InChI is InChI=1S/C30H42N4O5S/c1-39-25-13-15-26(16-14-25)40(37,38)34(20-22-8-2-3-9-22)24(21-35)10-6-7-17-32-30(36)28(31)18-23-19-33-29-12-5-4-11-27(23)29/h4-5,11-16,19,22,24,28,33,35H,2-3,6-10,17-18,20-21,31H2,1H3,(H,32,36)/t24-,28-/m0/s1. The van der Waals surface area contributed by atoms with E-state index in [4.69, 9.17) is 10.5 Å². The second-order valence-corrected chi connectivity index (χ2v) is 12.6. The van der Waals surface area contributed by atoms with Crippen LogP contribution in [0, 0.1) is 5.92 Å². The molecule has 5 N–H and O–H groups in total. The molecule has 0 unspecified atom stereocenters. The fourth-order valence-corrected chi connectivity index (χ4v) is 7.30. The van der Waals surface area contributed by atoms with E-state index in [1.54, 1.807) is 24.3 Å². The topological polar surface area (TPSA) is 138 Å². The molecule has 0 saturated heterocycles. The normalized spacial score (nSPS) is 15.9. The zero-order valence-electron chi connectivity index (χ0n) is 23.2. The molecule has 0 radical (unpaired) electrons. The molecule has 0 spiro atoms. The number of methoxy groups -OCH3 is 1. The molecule has 4 rings (SSSR count). The number of aromatic nitrogens is 1. The first-order chi connectivity index (χ1) is 19.3. The van der Waals surface area contributed by atoms with E-state index >= 15 is 0 Å². The highest BCUT2D eigenvalue weighted by molar-refractivity contribution is 7.89. The molecule has 3 aromatic rings. The first-order valence-corrected chi connectivity index (χ1v) is 15.6. The summed E-state index contributed by atoms with van der Waals surface area (Å²) < 4.78 is 34.1. The molecule has 1 heterocycles. The number of nitrogens with one attached hydrogen (secondary N) is 2. The summed E-state index contributed by atoms with van der Waals surface area (Å²) in [7, 11) is -2.26. The minimum absolute atomic E-state index is 0.196. The van der Waals surface area contributed by atoms with Gasteiger partial charge in [0.2, 0.25) is 15.9 Å². The third kappa shape index (κ3) is 7.42. The second kappa shape index (κ2) is 14.1. The van der Waals surface area contributed by atoms with Crippen molar-refractivity contribution >= 4 is 26.8 Å². The van der Waals surface area contributed by atoms with E-state index in [1.165, 1.54) is 11.4 Å². The van der Waals surface area contributed by atoms with Gasteiger partial charge in [0.1, 0.15) is 5.75 Å². The summed E-state index contributed by atoms with van der Waals surface area (Å²) in [4.78, 5) is 16.0. The van der Waals surface area contributed by atoms with Gasteiger partial charge in [-0.2, -0.15) is 4.31 Å². The van der Waals surface area contributed by atoms with Crippen LogP contribution in [0.4, 0.5) is 0 Å². The first-order valence-electron chi connectivity index (χ1n) is 14.2. The van der Waals surface area contributed by atoms with Crippen LogP contribution in [0.2, 0.25) is 0 Å². The van der Waals surface area contributed by atoms with Gasteiger partial charge in [-0.15, -0.1) is 0 Å². The second-order valence-electron chi connectivity index (χ2n) is 10.7. The number of aliphatic hydroxyl groups excluding tert-OH is 1. The lowest BCUT2D eigenvalue weighted by atomic mass is 10.0. The van der Waals surface area contributed by atoms with E-state index < -0.39 is 22.1 Å². The number of nitrogens with zero attached hydrogens (tertiary/aromatic N) is 1. The van der Waals surface area contributed by atoms with E-state index in [0.717, 1.165) is 42.1 Å². The smallest absolute Gasteiger partial charge is 0.243 e. The number of fused-ring (bicyclic) bond motifs is 1. The summed E-state index contributed by atoms with van der Waals surface area (Å²) >= 11 is 0. The number of rotatable bonds is 15. The molecule has 1 saturated carbocycles. The fourth-order valence-electron chi connectivity index (χ4n) is 5.58. The molecule has 0 aliphatic heterocycles. The Bertz CT molecular complexity index is 1340. The maximum absolute atomic E-state index is 13.7. The molecule has 0 bridgehead atoms. The Labute approximate surface area is 237 Å². The van der Waals surface area contributed by atoms with Crippen molar-refractivity contribution in [1.29, 1.82) is 0 Å². The van der Waals surface area contributed by atoms with Crippen LogP contribution in [0.3, 0.4) is 0 Å². The first kappa shape index (κ1) is 30.0. The van der Waals surface area contributed by atoms with E-state index in [1.807, 2.05) is 30.5 Å². The lowest BCUT2D eigenvalue weighted by Gasteiger charge is -2.32. The molecule has 1 fully saturated rings. The number of amides is 1. The van der Waals surface area contributed by atoms with Crippen LogP contribution in [0.25, 0.3) is 10.9 Å². The lowest BCUT2D eigenvalue weighted by molar-refractivity contribution is -0.122. The number of carbonyl (C=O) groups is 1. The molecule has 1 aliphatic rings. The largest absolute Gasteiger partial charge is 0.497 e. The van der Waals surface area contributed by atoms with Crippen LogP contribution in [-0.4, -0.2) is 67.6 Å². The van der Waals surface area contributed by atoms with E-state index in [2.05, 4.69) is 10.3 Å². The summed E-state index contributed by atoms with van der Waals surface area (Å²) in [5.74, 6) is 0.664. The molecule has 1 amide bonds. The molecule has 9 nitrogen and oxygen atoms in total. The highest BCUT2D eigenvalue weighted by atomic mass is 32.2. The summed E-state index contributed by atoms with van der Waals surface area (Å²) in [6, 6.07) is 13.1. The number of hydrogen-bond donors (Lipinski definition) is 4. The molecular formula is C30H42N4O5S. The number of nitrogens with two attached hydrogens (primary N) is 1. The summed E-state index contributed by atoms with van der Waals surface area (Å²) in [5.41, 5.74) is 8.20. The van der Waals surface area contributed by atoms with E-state index in [-0.39, 0.29) is 17.4 Å². The van der Waals surface area contributed by atoms with Gasteiger partial charge in [-0.3, -0.25) is 4.79 Å². The number of H-pyrrole nitrogens is 1. The van der Waals surface area contributed by atoms with Crippen LogP contribution < -0.4 is 15.8 Å². The molecule has 2 atom stereocenters. The van der Waals surface area contributed by atoms with Crippen LogP contribution in [-0.2, 0) is 21.2 Å². The van der Waals surface area contributed by atoms with Gasteiger partial charge in [-0.05, 0) is 73.9 Å². The van der Waals surface area contributed by atoms with Crippen LogP contribution in [0.5, 0.6) is 5.75 Å². The van der Waals surface area contributed by atoms with E-state index in [9.17, 15) is 18.3 Å². The SMILES string of the molecule is COc1ccc(S(=O)(=O)N(CC2CCCC2)[C@H](CO)CCCCNC(=O)[C@@H](N)Cc2c[nH]c3ccccc23)cc1. The van der Waals surface area contributed by atoms with Crippen molar-refractivity contribution in [2.45, 2.75) is 68.3 Å². The van der Waals surface area contributed by atoms with Crippen molar-refractivity contribution in [2.75, 3.05) is 26.8 Å². The van der Waals surface area contributed by atoms with Gasteiger partial charge in [0.25, 0.3) is 0 Å². The van der Waals surface area contributed by atoms with Gasteiger partial charge >= 0.3 is 0 Å². The van der Waals surface area contributed by atoms with Crippen molar-refractivity contribution < 1.29 is 23.1 Å². The predicted molar refractivity (Wildman–Crippen MR) is 157 cm³/mol.